The molecule has 1 aromatic carbocycles. The molecule has 1 N–H and O–H groups in total. The Bertz CT molecular complexity index is 895. The van der Waals surface area contributed by atoms with E-state index in [1.54, 1.807) is 31.2 Å². The highest BCUT2D eigenvalue weighted by atomic mass is 35.5. The second-order valence-electron chi connectivity index (χ2n) is 7.40. The average Bonchev–Trinajstić information content (AvgIpc) is 3.02. The first-order valence-corrected chi connectivity index (χ1v) is 11.1. The van der Waals surface area contributed by atoms with Crippen molar-refractivity contribution in [3.05, 3.63) is 45.3 Å². The molecule has 0 saturated carbocycles. The average molecular weight is 436 g/mol. The minimum atomic E-state index is -0.744. The van der Waals surface area contributed by atoms with Gasteiger partial charge in [0, 0.05) is 9.90 Å². The lowest BCUT2D eigenvalue weighted by Crippen LogP contribution is -2.30. The molecule has 29 heavy (non-hydrogen) atoms. The lowest BCUT2D eigenvalue weighted by Gasteiger charge is -2.18. The van der Waals surface area contributed by atoms with Gasteiger partial charge in [0.2, 0.25) is 0 Å². The third kappa shape index (κ3) is 5.31. The number of ether oxygens (including phenoxy) is 2. The van der Waals surface area contributed by atoms with Crippen molar-refractivity contribution in [3.8, 4) is 5.75 Å². The Kier molecular flexibility index (Phi) is 7.19. The summed E-state index contributed by atoms with van der Waals surface area (Å²) in [5, 5.41) is 3.99. The van der Waals surface area contributed by atoms with Gasteiger partial charge in [0.25, 0.3) is 5.91 Å². The zero-order valence-electron chi connectivity index (χ0n) is 16.9. The van der Waals surface area contributed by atoms with Gasteiger partial charge in [-0.3, -0.25) is 4.79 Å². The Morgan fingerprint density at radius 2 is 2.17 bits per heavy atom. The van der Waals surface area contributed by atoms with Gasteiger partial charge in [-0.2, -0.15) is 0 Å². The van der Waals surface area contributed by atoms with Crippen molar-refractivity contribution in [2.45, 2.75) is 52.6 Å². The molecule has 2 atom stereocenters. The highest BCUT2D eigenvalue weighted by Gasteiger charge is 2.30. The van der Waals surface area contributed by atoms with E-state index < -0.39 is 6.10 Å². The molecule has 0 aliphatic heterocycles. The summed E-state index contributed by atoms with van der Waals surface area (Å²) in [5.41, 5.74) is 1.53. The van der Waals surface area contributed by atoms with Crippen LogP contribution in [0.2, 0.25) is 5.02 Å². The minimum Gasteiger partial charge on any atom is -0.481 e. The van der Waals surface area contributed by atoms with Gasteiger partial charge in [0.15, 0.2) is 6.10 Å². The highest BCUT2D eigenvalue weighted by Crippen LogP contribution is 2.40. The predicted octanol–water partition coefficient (Wildman–Crippen LogP) is 5.50. The molecule has 2 unspecified atom stereocenters. The lowest BCUT2D eigenvalue weighted by molar-refractivity contribution is -0.122. The Morgan fingerprint density at radius 3 is 2.90 bits per heavy atom. The first-order chi connectivity index (χ1) is 13.9. The molecular formula is C22H26ClNO4S. The van der Waals surface area contributed by atoms with Gasteiger partial charge >= 0.3 is 5.97 Å². The summed E-state index contributed by atoms with van der Waals surface area (Å²) in [6, 6.07) is 6.90. The summed E-state index contributed by atoms with van der Waals surface area (Å²) in [6.07, 6.45) is 2.78. The molecule has 1 amide bonds. The van der Waals surface area contributed by atoms with Crippen molar-refractivity contribution in [2.75, 3.05) is 11.9 Å². The van der Waals surface area contributed by atoms with Crippen LogP contribution in [-0.2, 0) is 22.4 Å². The maximum atomic E-state index is 12.8. The fourth-order valence-electron chi connectivity index (χ4n) is 3.33. The third-order valence-corrected chi connectivity index (χ3v) is 6.27. The van der Waals surface area contributed by atoms with Crippen LogP contribution in [0.5, 0.6) is 5.75 Å². The molecule has 0 spiro atoms. The number of halogens is 1. The number of hydrogen-bond acceptors (Lipinski definition) is 5. The van der Waals surface area contributed by atoms with E-state index in [1.807, 2.05) is 6.92 Å². The van der Waals surface area contributed by atoms with E-state index in [0.29, 0.717) is 33.9 Å². The number of amides is 1. The van der Waals surface area contributed by atoms with Crippen LogP contribution in [0.3, 0.4) is 0 Å². The van der Waals surface area contributed by atoms with E-state index in [9.17, 15) is 9.59 Å². The summed E-state index contributed by atoms with van der Waals surface area (Å²) in [5.74, 6) is 0.398. The number of benzene rings is 1. The van der Waals surface area contributed by atoms with E-state index in [1.165, 1.54) is 11.3 Å². The van der Waals surface area contributed by atoms with Crippen LogP contribution in [-0.4, -0.2) is 24.6 Å². The Balaban J connectivity index is 1.79. The number of rotatable bonds is 7. The van der Waals surface area contributed by atoms with Crippen LogP contribution in [0.4, 0.5) is 5.00 Å². The summed E-state index contributed by atoms with van der Waals surface area (Å²) in [4.78, 5) is 26.6. The van der Waals surface area contributed by atoms with Gasteiger partial charge < -0.3 is 14.8 Å². The molecule has 3 rings (SSSR count). The lowest BCUT2D eigenvalue weighted by atomic mass is 9.88. The fourth-order valence-corrected chi connectivity index (χ4v) is 4.92. The summed E-state index contributed by atoms with van der Waals surface area (Å²) in [7, 11) is 0. The molecule has 156 valence electrons. The van der Waals surface area contributed by atoms with Crippen LogP contribution < -0.4 is 10.1 Å². The van der Waals surface area contributed by atoms with Gasteiger partial charge in [-0.15, -0.1) is 11.3 Å². The van der Waals surface area contributed by atoms with Gasteiger partial charge in [-0.05, 0) is 62.3 Å². The number of anilines is 1. The summed E-state index contributed by atoms with van der Waals surface area (Å²) in [6.45, 7) is 6.19. The number of carbonyl (C=O) groups excluding carboxylic acids is 2. The largest absolute Gasteiger partial charge is 0.481 e. The number of thiophene rings is 1. The van der Waals surface area contributed by atoms with Crippen LogP contribution in [0.25, 0.3) is 0 Å². The van der Waals surface area contributed by atoms with E-state index in [0.717, 1.165) is 36.1 Å². The summed E-state index contributed by atoms with van der Waals surface area (Å²) >= 11 is 7.45. The maximum absolute atomic E-state index is 12.8. The van der Waals surface area contributed by atoms with Gasteiger partial charge in [-0.25, -0.2) is 4.79 Å². The minimum absolute atomic E-state index is 0.318. The van der Waals surface area contributed by atoms with Crippen LogP contribution in [0.15, 0.2) is 24.3 Å². The smallest absolute Gasteiger partial charge is 0.341 e. The van der Waals surface area contributed by atoms with Crippen molar-refractivity contribution in [3.63, 3.8) is 0 Å². The molecule has 0 fully saturated rings. The van der Waals surface area contributed by atoms with Crippen molar-refractivity contribution in [1.29, 1.82) is 0 Å². The Hall–Kier alpha value is -2.05. The predicted molar refractivity (Wildman–Crippen MR) is 116 cm³/mol. The Morgan fingerprint density at radius 1 is 1.38 bits per heavy atom. The van der Waals surface area contributed by atoms with Crippen molar-refractivity contribution in [1.82, 2.24) is 0 Å². The van der Waals surface area contributed by atoms with Crippen molar-refractivity contribution < 1.29 is 19.1 Å². The molecule has 0 bridgehead atoms. The van der Waals surface area contributed by atoms with Gasteiger partial charge in [0.1, 0.15) is 10.8 Å². The molecule has 1 aliphatic rings. The van der Waals surface area contributed by atoms with E-state index in [-0.39, 0.29) is 11.9 Å². The van der Waals surface area contributed by atoms with Crippen molar-refractivity contribution in [2.24, 2.45) is 5.92 Å². The number of carbonyl (C=O) groups is 2. The number of nitrogens with one attached hydrogen (secondary N) is 1. The normalized spacial score (nSPS) is 16.6. The van der Waals surface area contributed by atoms with Gasteiger partial charge in [0.05, 0.1) is 12.2 Å². The first-order valence-electron chi connectivity index (χ1n) is 9.93. The molecule has 0 saturated heterocycles. The quantitative estimate of drug-likeness (QED) is 0.583. The maximum Gasteiger partial charge on any atom is 0.341 e. The van der Waals surface area contributed by atoms with Crippen LogP contribution in [0.1, 0.15) is 54.4 Å². The van der Waals surface area contributed by atoms with E-state index in [4.69, 9.17) is 21.1 Å². The molecule has 0 radical (unpaired) electrons. The number of hydrogen-bond donors (Lipinski definition) is 1. The van der Waals surface area contributed by atoms with E-state index in [2.05, 4.69) is 12.2 Å². The highest BCUT2D eigenvalue weighted by molar-refractivity contribution is 7.17. The SMILES string of the molecule is CCCOC(=O)c1c(NC(=O)C(C)Oc2cccc(Cl)c2)sc2c1CCC(C)C2. The molecule has 1 aromatic heterocycles. The second-order valence-corrected chi connectivity index (χ2v) is 8.94. The fraction of sp³-hybridized carbons (Fsp3) is 0.455. The third-order valence-electron chi connectivity index (χ3n) is 4.87. The zero-order valence-corrected chi connectivity index (χ0v) is 18.5. The monoisotopic (exact) mass is 435 g/mol. The molecular weight excluding hydrogens is 410 g/mol. The standard InChI is InChI=1S/C22H26ClNO4S/c1-4-10-27-22(26)19-17-9-8-13(2)11-18(17)29-21(19)24-20(25)14(3)28-16-7-5-6-15(23)12-16/h5-7,12-14H,4,8-11H2,1-3H3,(H,24,25). The summed E-state index contributed by atoms with van der Waals surface area (Å²) < 4.78 is 11.1. The van der Waals surface area contributed by atoms with Gasteiger partial charge in [-0.1, -0.05) is 31.5 Å². The second kappa shape index (κ2) is 9.63. The van der Waals surface area contributed by atoms with Crippen LogP contribution >= 0.6 is 22.9 Å². The number of fused-ring (bicyclic) bond motifs is 1. The molecule has 2 aromatic rings. The first kappa shape index (κ1) is 21.7. The van der Waals surface area contributed by atoms with Crippen molar-refractivity contribution >= 4 is 39.8 Å². The molecule has 5 nitrogen and oxygen atoms in total. The molecule has 7 heteroatoms. The molecule has 1 aliphatic carbocycles. The Labute approximate surface area is 180 Å². The number of esters is 1. The van der Waals surface area contributed by atoms with E-state index >= 15 is 0 Å². The zero-order chi connectivity index (χ0) is 21.0. The van der Waals surface area contributed by atoms with Crippen LogP contribution in [0, 0.1) is 5.92 Å². The topological polar surface area (TPSA) is 64.6 Å². The molecule has 1 heterocycles.